The molecule has 0 aromatic heterocycles. The second kappa shape index (κ2) is 4.91. The van der Waals surface area contributed by atoms with Crippen molar-refractivity contribution in [2.75, 3.05) is 6.79 Å². The minimum Gasteiger partial charge on any atom is -0.481 e. The fraction of sp³-hybridized carbons (Fsp3) is 0.500. The summed E-state index contributed by atoms with van der Waals surface area (Å²) < 4.78 is 25.3. The molecule has 0 atom stereocenters. The van der Waals surface area contributed by atoms with E-state index >= 15 is 0 Å². The molecule has 0 saturated heterocycles. The van der Waals surface area contributed by atoms with Crippen molar-refractivity contribution < 1.29 is 23.8 Å². The van der Waals surface area contributed by atoms with E-state index in [-0.39, 0.29) is 12.4 Å². The Morgan fingerprint density at radius 1 is 1.30 bits per heavy atom. The van der Waals surface area contributed by atoms with Crippen LogP contribution in [-0.4, -0.2) is 17.9 Å². The Morgan fingerprint density at radius 3 is 2.65 bits per heavy atom. The van der Waals surface area contributed by atoms with Gasteiger partial charge in [-0.25, -0.2) is 4.39 Å². The first-order valence-corrected chi connectivity index (χ1v) is 7.37. The number of carboxylic acid groups (broad SMARTS) is 1. The van der Waals surface area contributed by atoms with Crippen molar-refractivity contribution >= 4 is 21.9 Å². The molecule has 20 heavy (non-hydrogen) atoms. The van der Waals surface area contributed by atoms with Gasteiger partial charge in [-0.3, -0.25) is 4.79 Å². The Bertz CT molecular complexity index is 567. The van der Waals surface area contributed by atoms with Crippen LogP contribution in [0.3, 0.4) is 0 Å². The quantitative estimate of drug-likeness (QED) is 0.890. The summed E-state index contributed by atoms with van der Waals surface area (Å²) in [4.78, 5) is 11.8. The Labute approximate surface area is 124 Å². The third kappa shape index (κ3) is 1.89. The van der Waals surface area contributed by atoms with Crippen molar-refractivity contribution in [2.24, 2.45) is 0 Å². The second-order valence-electron chi connectivity index (χ2n) is 5.23. The standard InChI is InChI=1S/C14H14BrFO4/c15-11-10(8(16)6-9-12(11)20-7-19-9)14(13(17)18)4-2-1-3-5-14/h6H,1-5,7H2,(H,17,18). The molecule has 6 heteroatoms. The molecule has 1 aliphatic heterocycles. The summed E-state index contributed by atoms with van der Waals surface area (Å²) in [6.45, 7) is 0.0247. The third-order valence-corrected chi connectivity index (χ3v) is 4.91. The molecule has 1 N–H and O–H groups in total. The number of rotatable bonds is 2. The van der Waals surface area contributed by atoms with Gasteiger partial charge in [-0.05, 0) is 28.8 Å². The van der Waals surface area contributed by atoms with Gasteiger partial charge in [-0.15, -0.1) is 0 Å². The number of carboxylic acids is 1. The van der Waals surface area contributed by atoms with Crippen molar-refractivity contribution in [3.8, 4) is 11.5 Å². The van der Waals surface area contributed by atoms with E-state index in [1.807, 2.05) is 0 Å². The van der Waals surface area contributed by atoms with Crippen LogP contribution in [0.25, 0.3) is 0 Å². The number of hydrogen-bond donors (Lipinski definition) is 1. The van der Waals surface area contributed by atoms with Crippen LogP contribution in [0.5, 0.6) is 11.5 Å². The normalized spacial score (nSPS) is 19.9. The number of aliphatic carboxylic acids is 1. The summed E-state index contributed by atoms with van der Waals surface area (Å²) in [5, 5.41) is 9.68. The molecule has 2 aliphatic rings. The molecule has 1 aliphatic carbocycles. The van der Waals surface area contributed by atoms with Crippen LogP contribution in [0.15, 0.2) is 10.5 Å². The Hall–Kier alpha value is -1.30. The van der Waals surface area contributed by atoms with Gasteiger partial charge < -0.3 is 14.6 Å². The van der Waals surface area contributed by atoms with E-state index in [9.17, 15) is 14.3 Å². The Kier molecular flexibility index (Phi) is 3.36. The van der Waals surface area contributed by atoms with Crippen LogP contribution in [0.4, 0.5) is 4.39 Å². The molecule has 3 rings (SSSR count). The zero-order valence-corrected chi connectivity index (χ0v) is 12.3. The van der Waals surface area contributed by atoms with Crippen LogP contribution >= 0.6 is 15.9 Å². The highest BCUT2D eigenvalue weighted by Crippen LogP contribution is 2.50. The monoisotopic (exact) mass is 344 g/mol. The Balaban J connectivity index is 2.19. The molecule has 1 aromatic carbocycles. The molecule has 0 spiro atoms. The summed E-state index contributed by atoms with van der Waals surface area (Å²) in [6, 6.07) is 1.22. The predicted octanol–water partition coefficient (Wildman–Crippen LogP) is 3.60. The molecule has 108 valence electrons. The average molecular weight is 345 g/mol. The van der Waals surface area contributed by atoms with E-state index < -0.39 is 17.2 Å². The number of fused-ring (bicyclic) bond motifs is 1. The highest BCUT2D eigenvalue weighted by atomic mass is 79.9. The number of hydrogen-bond acceptors (Lipinski definition) is 3. The van der Waals surface area contributed by atoms with E-state index in [4.69, 9.17) is 9.47 Å². The molecule has 4 nitrogen and oxygen atoms in total. The summed E-state index contributed by atoms with van der Waals surface area (Å²) in [5.74, 6) is -0.817. The summed E-state index contributed by atoms with van der Waals surface area (Å²) >= 11 is 3.31. The lowest BCUT2D eigenvalue weighted by molar-refractivity contribution is -0.145. The molecule has 0 bridgehead atoms. The van der Waals surface area contributed by atoms with Crippen LogP contribution in [0, 0.1) is 5.82 Å². The van der Waals surface area contributed by atoms with E-state index in [0.717, 1.165) is 19.3 Å². The zero-order valence-electron chi connectivity index (χ0n) is 10.7. The van der Waals surface area contributed by atoms with Crippen LogP contribution in [0.2, 0.25) is 0 Å². The van der Waals surface area contributed by atoms with Crippen molar-refractivity contribution in [3.05, 3.63) is 21.9 Å². The fourth-order valence-electron chi connectivity index (χ4n) is 3.14. The second-order valence-corrected chi connectivity index (χ2v) is 6.02. The van der Waals surface area contributed by atoms with Gasteiger partial charge in [-0.2, -0.15) is 0 Å². The SMILES string of the molecule is O=C(O)C1(c2c(F)cc3c(c2Br)OCO3)CCCCC1. The maximum atomic E-state index is 14.5. The molecule has 0 amide bonds. The minimum atomic E-state index is -1.18. The van der Waals surface area contributed by atoms with Crippen LogP contribution in [-0.2, 0) is 10.2 Å². The lowest BCUT2D eigenvalue weighted by Crippen LogP contribution is -2.39. The smallest absolute Gasteiger partial charge is 0.314 e. The maximum Gasteiger partial charge on any atom is 0.314 e. The molecular formula is C14H14BrFO4. The molecule has 1 saturated carbocycles. The highest BCUT2D eigenvalue weighted by Gasteiger charge is 2.46. The first-order chi connectivity index (χ1) is 9.56. The largest absolute Gasteiger partial charge is 0.481 e. The van der Waals surface area contributed by atoms with Gasteiger partial charge in [0.1, 0.15) is 5.82 Å². The van der Waals surface area contributed by atoms with Crippen LogP contribution < -0.4 is 9.47 Å². The lowest BCUT2D eigenvalue weighted by atomic mass is 9.69. The molecule has 1 heterocycles. The first-order valence-electron chi connectivity index (χ1n) is 6.58. The number of benzene rings is 1. The number of halogens is 2. The molecule has 0 unspecified atom stereocenters. The zero-order chi connectivity index (χ0) is 14.3. The number of ether oxygens (including phenoxy) is 2. The lowest BCUT2D eigenvalue weighted by Gasteiger charge is -2.34. The summed E-state index contributed by atoms with van der Waals surface area (Å²) in [7, 11) is 0. The van der Waals surface area contributed by atoms with E-state index in [1.165, 1.54) is 6.07 Å². The molecule has 0 radical (unpaired) electrons. The topological polar surface area (TPSA) is 55.8 Å². The van der Waals surface area contributed by atoms with Gasteiger partial charge in [0.25, 0.3) is 0 Å². The maximum absolute atomic E-state index is 14.5. The highest BCUT2D eigenvalue weighted by molar-refractivity contribution is 9.10. The van der Waals surface area contributed by atoms with Crippen molar-refractivity contribution in [1.82, 2.24) is 0 Å². The van der Waals surface area contributed by atoms with Crippen molar-refractivity contribution in [1.29, 1.82) is 0 Å². The average Bonchev–Trinajstić information content (AvgIpc) is 2.88. The van der Waals surface area contributed by atoms with Crippen LogP contribution in [0.1, 0.15) is 37.7 Å². The minimum absolute atomic E-state index is 0.0247. The van der Waals surface area contributed by atoms with Gasteiger partial charge in [0.05, 0.1) is 9.89 Å². The number of carbonyl (C=O) groups is 1. The van der Waals surface area contributed by atoms with Gasteiger partial charge in [-0.1, -0.05) is 19.3 Å². The molecular weight excluding hydrogens is 331 g/mol. The summed E-state index contributed by atoms with van der Waals surface area (Å²) in [5.41, 5.74) is -0.990. The molecule has 1 fully saturated rings. The third-order valence-electron chi connectivity index (χ3n) is 4.15. The predicted molar refractivity (Wildman–Crippen MR) is 72.6 cm³/mol. The van der Waals surface area contributed by atoms with E-state index in [2.05, 4.69) is 15.9 Å². The van der Waals surface area contributed by atoms with Crippen molar-refractivity contribution in [2.45, 2.75) is 37.5 Å². The van der Waals surface area contributed by atoms with E-state index in [1.54, 1.807) is 0 Å². The summed E-state index contributed by atoms with van der Waals surface area (Å²) in [6.07, 6.45) is 3.44. The fourth-order valence-corrected chi connectivity index (χ4v) is 4.02. The van der Waals surface area contributed by atoms with E-state index in [0.29, 0.717) is 28.8 Å². The van der Waals surface area contributed by atoms with Crippen molar-refractivity contribution in [3.63, 3.8) is 0 Å². The van der Waals surface area contributed by atoms with Gasteiger partial charge in [0, 0.05) is 11.6 Å². The van der Waals surface area contributed by atoms with Gasteiger partial charge >= 0.3 is 5.97 Å². The first kappa shape index (κ1) is 13.7. The Morgan fingerprint density at radius 2 is 2.00 bits per heavy atom. The van der Waals surface area contributed by atoms with Gasteiger partial charge in [0.2, 0.25) is 6.79 Å². The van der Waals surface area contributed by atoms with Gasteiger partial charge in [0.15, 0.2) is 11.5 Å². The molecule has 1 aromatic rings.